The molecular formula is C12H16O. The van der Waals surface area contributed by atoms with Crippen LogP contribution in [-0.2, 0) is 4.79 Å². The van der Waals surface area contributed by atoms with Crippen LogP contribution in [-0.4, -0.2) is 5.78 Å². The molecule has 0 radical (unpaired) electrons. The topological polar surface area (TPSA) is 17.1 Å². The largest absolute Gasteiger partial charge is 0.299 e. The summed E-state index contributed by atoms with van der Waals surface area (Å²) >= 11 is 0. The molecule has 13 heavy (non-hydrogen) atoms. The van der Waals surface area contributed by atoms with Crippen LogP contribution in [0.3, 0.4) is 0 Å². The quantitative estimate of drug-likeness (QED) is 0.519. The number of rotatable bonds is 0. The van der Waals surface area contributed by atoms with Crippen LogP contribution in [0.4, 0.5) is 0 Å². The lowest BCUT2D eigenvalue weighted by atomic mass is 9.64. The van der Waals surface area contributed by atoms with Crippen molar-refractivity contribution >= 4 is 5.78 Å². The highest BCUT2D eigenvalue weighted by Crippen LogP contribution is 2.56. The van der Waals surface area contributed by atoms with E-state index in [0.29, 0.717) is 17.1 Å². The third-order valence-corrected chi connectivity index (χ3v) is 4.39. The van der Waals surface area contributed by atoms with Gasteiger partial charge in [0.1, 0.15) is 5.78 Å². The molecule has 0 N–H and O–H groups in total. The third kappa shape index (κ3) is 0.962. The first-order valence-electron chi connectivity index (χ1n) is 5.51. The molecule has 1 spiro atoms. The summed E-state index contributed by atoms with van der Waals surface area (Å²) in [6, 6.07) is 0. The monoisotopic (exact) mass is 176 g/mol. The summed E-state index contributed by atoms with van der Waals surface area (Å²) in [5.74, 6) is 1.81. The van der Waals surface area contributed by atoms with Crippen LogP contribution >= 0.6 is 0 Å². The van der Waals surface area contributed by atoms with Crippen molar-refractivity contribution < 1.29 is 4.79 Å². The molecule has 3 atom stereocenters. The predicted molar refractivity (Wildman–Crippen MR) is 51.3 cm³/mol. The Morgan fingerprint density at radius 1 is 1.31 bits per heavy atom. The lowest BCUT2D eigenvalue weighted by molar-refractivity contribution is -0.120. The smallest absolute Gasteiger partial charge is 0.136 e. The highest BCUT2D eigenvalue weighted by atomic mass is 16.1. The molecule has 1 unspecified atom stereocenters. The van der Waals surface area contributed by atoms with Crippen LogP contribution in [0.5, 0.6) is 0 Å². The molecule has 3 rings (SSSR count). The van der Waals surface area contributed by atoms with Gasteiger partial charge in [0.05, 0.1) is 0 Å². The molecule has 0 amide bonds. The van der Waals surface area contributed by atoms with E-state index in [1.807, 2.05) is 0 Å². The number of Topliss-reactive ketones (excluding diaryl/α,β-unsaturated/α-hetero) is 1. The van der Waals surface area contributed by atoms with Gasteiger partial charge < -0.3 is 0 Å². The minimum Gasteiger partial charge on any atom is -0.299 e. The van der Waals surface area contributed by atoms with Crippen molar-refractivity contribution in [2.45, 2.75) is 38.5 Å². The zero-order valence-electron chi connectivity index (χ0n) is 7.96. The van der Waals surface area contributed by atoms with Crippen molar-refractivity contribution in [2.24, 2.45) is 17.3 Å². The Balaban J connectivity index is 2.01. The molecule has 70 valence electrons. The number of fused-ring (bicyclic) bond motifs is 1. The molecule has 3 aliphatic rings. The van der Waals surface area contributed by atoms with Gasteiger partial charge in [-0.2, -0.15) is 0 Å². The molecule has 0 saturated heterocycles. The van der Waals surface area contributed by atoms with Gasteiger partial charge in [-0.1, -0.05) is 12.2 Å². The molecule has 0 aliphatic heterocycles. The van der Waals surface area contributed by atoms with Crippen LogP contribution in [0.15, 0.2) is 12.2 Å². The van der Waals surface area contributed by atoms with E-state index in [-0.39, 0.29) is 0 Å². The summed E-state index contributed by atoms with van der Waals surface area (Å²) in [4.78, 5) is 11.7. The second-order valence-corrected chi connectivity index (χ2v) is 5.03. The minimum absolute atomic E-state index is 0.332. The van der Waals surface area contributed by atoms with E-state index in [1.165, 1.54) is 32.1 Å². The number of carbonyl (C=O) groups excluding carboxylic acids is 1. The van der Waals surface area contributed by atoms with Gasteiger partial charge in [-0.15, -0.1) is 0 Å². The van der Waals surface area contributed by atoms with Crippen LogP contribution in [0.2, 0.25) is 0 Å². The maximum absolute atomic E-state index is 11.7. The second-order valence-electron chi connectivity index (χ2n) is 5.03. The maximum atomic E-state index is 11.7. The summed E-state index contributed by atoms with van der Waals surface area (Å²) in [5, 5.41) is 0. The van der Waals surface area contributed by atoms with Gasteiger partial charge in [-0.3, -0.25) is 4.79 Å². The van der Waals surface area contributed by atoms with Crippen LogP contribution in [0.25, 0.3) is 0 Å². The average molecular weight is 176 g/mol. The van der Waals surface area contributed by atoms with Crippen molar-refractivity contribution in [2.75, 3.05) is 0 Å². The minimum atomic E-state index is 0.332. The lowest BCUT2D eigenvalue weighted by Crippen LogP contribution is -2.31. The molecule has 1 nitrogen and oxygen atoms in total. The predicted octanol–water partition coefficient (Wildman–Crippen LogP) is 2.71. The Kier molecular flexibility index (Phi) is 1.47. The fourth-order valence-corrected chi connectivity index (χ4v) is 3.69. The average Bonchev–Trinajstić information content (AvgIpc) is 2.38. The van der Waals surface area contributed by atoms with E-state index >= 15 is 0 Å². The van der Waals surface area contributed by atoms with Gasteiger partial charge in [0.2, 0.25) is 0 Å². The molecule has 0 aromatic carbocycles. The summed E-state index contributed by atoms with van der Waals surface area (Å²) in [5.41, 5.74) is 0.332. The van der Waals surface area contributed by atoms with Gasteiger partial charge in [0.15, 0.2) is 0 Å². The maximum Gasteiger partial charge on any atom is 0.136 e. The molecule has 2 saturated carbocycles. The summed E-state index contributed by atoms with van der Waals surface area (Å²) in [6.07, 6.45) is 11.8. The molecule has 1 heteroatoms. The number of hydrogen-bond donors (Lipinski definition) is 0. The van der Waals surface area contributed by atoms with Gasteiger partial charge in [-0.05, 0) is 43.4 Å². The fourth-order valence-electron chi connectivity index (χ4n) is 3.69. The zero-order valence-corrected chi connectivity index (χ0v) is 7.96. The first-order chi connectivity index (χ1) is 6.30. The highest BCUT2D eigenvalue weighted by molar-refractivity contribution is 5.85. The van der Waals surface area contributed by atoms with Crippen molar-refractivity contribution in [3.63, 3.8) is 0 Å². The van der Waals surface area contributed by atoms with E-state index in [4.69, 9.17) is 0 Å². The second kappa shape index (κ2) is 2.46. The lowest BCUT2D eigenvalue weighted by Gasteiger charge is -2.40. The number of allylic oxidation sites excluding steroid dienone is 2. The Labute approximate surface area is 79.2 Å². The van der Waals surface area contributed by atoms with Crippen LogP contribution in [0.1, 0.15) is 38.5 Å². The normalized spacial score (nSPS) is 47.8. The molecule has 3 aliphatic carbocycles. The molecule has 0 aromatic rings. The van der Waals surface area contributed by atoms with Crippen molar-refractivity contribution in [3.8, 4) is 0 Å². The summed E-state index contributed by atoms with van der Waals surface area (Å²) in [6.45, 7) is 0. The Bertz CT molecular complexity index is 279. The van der Waals surface area contributed by atoms with Gasteiger partial charge in [0, 0.05) is 12.3 Å². The van der Waals surface area contributed by atoms with E-state index in [1.54, 1.807) is 0 Å². The Hall–Kier alpha value is -0.590. The first-order valence-corrected chi connectivity index (χ1v) is 5.51. The molecule has 2 fully saturated rings. The fraction of sp³-hybridized carbons (Fsp3) is 0.750. The Morgan fingerprint density at radius 2 is 2.23 bits per heavy atom. The molecule has 2 bridgehead atoms. The third-order valence-electron chi connectivity index (χ3n) is 4.39. The first kappa shape index (κ1) is 7.78. The van der Waals surface area contributed by atoms with Crippen molar-refractivity contribution in [1.82, 2.24) is 0 Å². The van der Waals surface area contributed by atoms with Crippen LogP contribution < -0.4 is 0 Å². The number of carbonyl (C=O) groups is 1. The number of ketones is 1. The molecule has 0 aromatic heterocycles. The highest BCUT2D eigenvalue weighted by Gasteiger charge is 2.51. The summed E-state index contributed by atoms with van der Waals surface area (Å²) < 4.78 is 0. The standard InChI is InChI=1S/C12H16O/c13-11-8-12-6-2-1-3-10(12)5-4-9(11)7-12/h2,6,9-10H,1,3-5,7-8H2/t9?,10-,12+/m1/s1. The number of hydrogen-bond acceptors (Lipinski definition) is 1. The van der Waals surface area contributed by atoms with Gasteiger partial charge >= 0.3 is 0 Å². The van der Waals surface area contributed by atoms with Gasteiger partial charge in [-0.25, -0.2) is 0 Å². The Morgan fingerprint density at radius 3 is 3.15 bits per heavy atom. The summed E-state index contributed by atoms with van der Waals surface area (Å²) in [7, 11) is 0. The van der Waals surface area contributed by atoms with Crippen LogP contribution in [0, 0.1) is 17.3 Å². The van der Waals surface area contributed by atoms with Crippen molar-refractivity contribution in [3.05, 3.63) is 12.2 Å². The van der Waals surface area contributed by atoms with E-state index in [0.717, 1.165) is 12.3 Å². The molecule has 0 heterocycles. The van der Waals surface area contributed by atoms with E-state index < -0.39 is 0 Å². The zero-order chi connectivity index (χ0) is 8.89. The molecular weight excluding hydrogens is 160 g/mol. The van der Waals surface area contributed by atoms with Gasteiger partial charge in [0.25, 0.3) is 0 Å². The van der Waals surface area contributed by atoms with E-state index in [2.05, 4.69) is 12.2 Å². The van der Waals surface area contributed by atoms with Crippen molar-refractivity contribution in [1.29, 1.82) is 0 Å². The van der Waals surface area contributed by atoms with E-state index in [9.17, 15) is 4.79 Å². The SMILES string of the molecule is O=C1C[C@@]23C=CCC[C@@H]2CCC1C3.